The van der Waals surface area contributed by atoms with E-state index in [0.29, 0.717) is 23.7 Å². The summed E-state index contributed by atoms with van der Waals surface area (Å²) in [4.78, 5) is 29.8. The summed E-state index contributed by atoms with van der Waals surface area (Å²) in [7, 11) is 0. The smallest absolute Gasteiger partial charge is 0.348 e. The van der Waals surface area contributed by atoms with Crippen molar-refractivity contribution in [3.8, 4) is 0 Å². The van der Waals surface area contributed by atoms with Crippen LogP contribution in [0.15, 0.2) is 23.0 Å². The van der Waals surface area contributed by atoms with Gasteiger partial charge < -0.3 is 10.1 Å². The molecule has 0 bridgehead atoms. The number of ether oxygens (including phenoxy) is 1. The highest BCUT2D eigenvalue weighted by atomic mass is 32.1. The van der Waals surface area contributed by atoms with E-state index in [-0.39, 0.29) is 17.7 Å². The first-order valence-corrected chi connectivity index (χ1v) is 8.91. The van der Waals surface area contributed by atoms with Crippen molar-refractivity contribution in [2.45, 2.75) is 39.3 Å². The molecule has 1 aliphatic rings. The Morgan fingerprint density at radius 1 is 1.46 bits per heavy atom. The summed E-state index contributed by atoms with van der Waals surface area (Å²) < 4.78 is 7.21. The van der Waals surface area contributed by atoms with Crippen molar-refractivity contribution < 1.29 is 9.53 Å². The van der Waals surface area contributed by atoms with E-state index in [4.69, 9.17) is 4.74 Å². The highest BCUT2D eigenvalue weighted by molar-refractivity contribution is 7.14. The van der Waals surface area contributed by atoms with E-state index in [9.17, 15) is 9.59 Å². The fraction of sp³-hybridized carbons (Fsp3) is 0.471. The van der Waals surface area contributed by atoms with Crippen LogP contribution in [-0.4, -0.2) is 28.6 Å². The Balaban J connectivity index is 1.57. The second-order valence-corrected chi connectivity index (χ2v) is 7.05. The Bertz CT molecular complexity index is 791. The molecule has 128 valence electrons. The molecule has 0 aliphatic carbocycles. The molecular formula is C17H21N3O3S. The van der Waals surface area contributed by atoms with Gasteiger partial charge >= 0.3 is 5.69 Å². The lowest BCUT2D eigenvalue weighted by molar-refractivity contribution is 0.0956. The number of thiophene rings is 1. The molecule has 1 saturated heterocycles. The SMILES string of the molecule is Cc1cc(C)n(CCNC(=O)c2ccc(C3CCCO3)s2)c(=O)n1. The van der Waals surface area contributed by atoms with Gasteiger partial charge in [-0.05, 0) is 44.9 Å². The Labute approximate surface area is 144 Å². The first kappa shape index (κ1) is 16.9. The highest BCUT2D eigenvalue weighted by Crippen LogP contribution is 2.33. The van der Waals surface area contributed by atoms with Crippen LogP contribution < -0.4 is 11.0 Å². The average Bonchev–Trinajstić information content (AvgIpc) is 3.19. The van der Waals surface area contributed by atoms with Crippen LogP contribution in [0.3, 0.4) is 0 Å². The second-order valence-electron chi connectivity index (χ2n) is 5.93. The third-order valence-electron chi connectivity index (χ3n) is 4.06. The predicted octanol–water partition coefficient (Wildman–Crippen LogP) is 2.20. The standard InChI is InChI=1S/C17H21N3O3S/c1-11-10-12(2)20(17(22)19-11)8-7-18-16(21)15-6-5-14(24-15)13-4-3-9-23-13/h5-6,10,13H,3-4,7-9H2,1-2H3,(H,18,21). The lowest BCUT2D eigenvalue weighted by atomic mass is 10.2. The summed E-state index contributed by atoms with van der Waals surface area (Å²) in [6.07, 6.45) is 2.23. The fourth-order valence-electron chi connectivity index (χ4n) is 2.86. The number of aryl methyl sites for hydroxylation is 2. The minimum absolute atomic E-state index is 0.116. The van der Waals surface area contributed by atoms with Gasteiger partial charge in [-0.2, -0.15) is 4.98 Å². The molecule has 0 radical (unpaired) electrons. The van der Waals surface area contributed by atoms with Gasteiger partial charge in [0.15, 0.2) is 0 Å². The molecule has 3 rings (SSSR count). The van der Waals surface area contributed by atoms with Gasteiger partial charge in [-0.15, -0.1) is 11.3 Å². The summed E-state index contributed by atoms with van der Waals surface area (Å²) >= 11 is 1.47. The number of nitrogens with one attached hydrogen (secondary N) is 1. The van der Waals surface area contributed by atoms with E-state index >= 15 is 0 Å². The number of hydrogen-bond donors (Lipinski definition) is 1. The van der Waals surface area contributed by atoms with Crippen LogP contribution in [0.4, 0.5) is 0 Å². The van der Waals surface area contributed by atoms with Crippen molar-refractivity contribution in [2.24, 2.45) is 0 Å². The topological polar surface area (TPSA) is 73.2 Å². The van der Waals surface area contributed by atoms with Crippen LogP contribution in [0.1, 0.15) is 44.9 Å². The molecule has 0 saturated carbocycles. The Morgan fingerprint density at radius 2 is 2.29 bits per heavy atom. The molecule has 7 heteroatoms. The van der Waals surface area contributed by atoms with Crippen molar-refractivity contribution in [1.82, 2.24) is 14.9 Å². The zero-order valence-corrected chi connectivity index (χ0v) is 14.7. The van der Waals surface area contributed by atoms with E-state index in [1.807, 2.05) is 25.1 Å². The third kappa shape index (κ3) is 3.73. The van der Waals surface area contributed by atoms with Crippen molar-refractivity contribution >= 4 is 17.2 Å². The third-order valence-corrected chi connectivity index (χ3v) is 5.24. The van der Waals surface area contributed by atoms with Crippen LogP contribution in [0, 0.1) is 13.8 Å². The zero-order chi connectivity index (χ0) is 17.1. The molecule has 2 aromatic heterocycles. The van der Waals surface area contributed by atoms with E-state index in [1.165, 1.54) is 11.3 Å². The Morgan fingerprint density at radius 3 is 3.00 bits per heavy atom. The molecule has 0 aromatic carbocycles. The van der Waals surface area contributed by atoms with Gasteiger partial charge in [0.25, 0.3) is 5.91 Å². The van der Waals surface area contributed by atoms with Crippen molar-refractivity contribution in [3.05, 3.63) is 49.8 Å². The van der Waals surface area contributed by atoms with Crippen LogP contribution in [0.2, 0.25) is 0 Å². The molecule has 3 heterocycles. The van der Waals surface area contributed by atoms with Gasteiger partial charge in [0, 0.05) is 36.0 Å². The van der Waals surface area contributed by atoms with Crippen LogP contribution in [0.5, 0.6) is 0 Å². The summed E-state index contributed by atoms with van der Waals surface area (Å²) in [5.41, 5.74) is 1.27. The molecule has 0 spiro atoms. The average molecular weight is 347 g/mol. The number of amides is 1. The molecule has 1 amide bonds. The van der Waals surface area contributed by atoms with Gasteiger partial charge in [0.2, 0.25) is 0 Å². The number of nitrogens with zero attached hydrogens (tertiary/aromatic N) is 2. The summed E-state index contributed by atoms with van der Waals surface area (Å²) in [5.74, 6) is -0.116. The number of carbonyl (C=O) groups is 1. The molecule has 1 N–H and O–H groups in total. The quantitative estimate of drug-likeness (QED) is 0.900. The van der Waals surface area contributed by atoms with Crippen molar-refractivity contribution in [2.75, 3.05) is 13.2 Å². The van der Waals surface area contributed by atoms with Crippen molar-refractivity contribution in [3.63, 3.8) is 0 Å². The first-order chi connectivity index (χ1) is 11.5. The lowest BCUT2D eigenvalue weighted by Gasteiger charge is -2.10. The lowest BCUT2D eigenvalue weighted by Crippen LogP contribution is -2.32. The number of rotatable bonds is 5. The molecular weight excluding hydrogens is 326 g/mol. The zero-order valence-electron chi connectivity index (χ0n) is 13.9. The molecule has 1 aliphatic heterocycles. The summed E-state index contributed by atoms with van der Waals surface area (Å²) in [6.45, 7) is 5.25. The van der Waals surface area contributed by atoms with E-state index in [2.05, 4.69) is 10.3 Å². The maximum atomic E-state index is 12.2. The minimum Gasteiger partial charge on any atom is -0.373 e. The summed E-state index contributed by atoms with van der Waals surface area (Å²) in [5, 5.41) is 2.86. The number of aromatic nitrogens is 2. The highest BCUT2D eigenvalue weighted by Gasteiger charge is 2.20. The van der Waals surface area contributed by atoms with E-state index in [1.54, 1.807) is 11.5 Å². The van der Waals surface area contributed by atoms with Gasteiger partial charge in [-0.1, -0.05) is 0 Å². The van der Waals surface area contributed by atoms with E-state index in [0.717, 1.165) is 30.0 Å². The van der Waals surface area contributed by atoms with Crippen LogP contribution >= 0.6 is 11.3 Å². The Kier molecular flexibility index (Phi) is 5.11. The van der Waals surface area contributed by atoms with Gasteiger partial charge in [0.1, 0.15) is 0 Å². The fourth-order valence-corrected chi connectivity index (χ4v) is 3.87. The molecule has 24 heavy (non-hydrogen) atoms. The van der Waals surface area contributed by atoms with Crippen LogP contribution in [0.25, 0.3) is 0 Å². The van der Waals surface area contributed by atoms with Crippen molar-refractivity contribution in [1.29, 1.82) is 0 Å². The molecule has 1 atom stereocenters. The minimum atomic E-state index is -0.279. The largest absolute Gasteiger partial charge is 0.373 e. The molecule has 1 fully saturated rings. The molecule has 2 aromatic rings. The normalized spacial score (nSPS) is 17.2. The first-order valence-electron chi connectivity index (χ1n) is 8.09. The number of hydrogen-bond acceptors (Lipinski definition) is 5. The Hall–Kier alpha value is -1.99. The molecule has 6 nitrogen and oxygen atoms in total. The van der Waals surface area contributed by atoms with E-state index < -0.39 is 0 Å². The van der Waals surface area contributed by atoms with Gasteiger partial charge in [-0.25, -0.2) is 4.79 Å². The summed E-state index contributed by atoms with van der Waals surface area (Å²) in [6, 6.07) is 5.66. The number of carbonyl (C=O) groups excluding carboxylic acids is 1. The van der Waals surface area contributed by atoms with Crippen LogP contribution in [-0.2, 0) is 11.3 Å². The van der Waals surface area contributed by atoms with Gasteiger partial charge in [0.05, 0.1) is 11.0 Å². The monoisotopic (exact) mass is 347 g/mol. The predicted molar refractivity (Wildman–Crippen MR) is 92.6 cm³/mol. The van der Waals surface area contributed by atoms with Gasteiger partial charge in [-0.3, -0.25) is 9.36 Å². The molecule has 1 unspecified atom stereocenters. The maximum absolute atomic E-state index is 12.2. The maximum Gasteiger partial charge on any atom is 0.348 e. The second kappa shape index (κ2) is 7.27.